The van der Waals surface area contributed by atoms with E-state index in [1.54, 1.807) is 12.1 Å². The third kappa shape index (κ3) is 2.16. The first-order valence-corrected chi connectivity index (χ1v) is 4.26. The highest BCUT2D eigenvalue weighted by atomic mass is 35.5. The van der Waals surface area contributed by atoms with Gasteiger partial charge in [-0.15, -0.1) is 0 Å². The Bertz CT molecular complexity index is 354. The van der Waals surface area contributed by atoms with E-state index in [9.17, 15) is 4.79 Å². The summed E-state index contributed by atoms with van der Waals surface area (Å²) < 4.78 is 4.93. The molecule has 1 aromatic carbocycles. The minimum atomic E-state index is -1.13. The zero-order valence-electron chi connectivity index (χ0n) is 7.53. The molecule has 0 aromatic heterocycles. The van der Waals surface area contributed by atoms with Gasteiger partial charge in [-0.25, -0.2) is 0 Å². The summed E-state index contributed by atoms with van der Waals surface area (Å²) in [7, 11) is 1.49. The molecule has 0 saturated carbocycles. The first-order valence-electron chi connectivity index (χ1n) is 3.88. The highest BCUT2D eigenvalue weighted by molar-refractivity contribution is 6.31. The molecule has 14 heavy (non-hydrogen) atoms. The maximum absolute atomic E-state index is 10.6. The van der Waals surface area contributed by atoms with Crippen LogP contribution in [0.5, 0.6) is 5.75 Å². The molecule has 4 nitrogen and oxygen atoms in total. The number of carbonyl (C=O) groups is 1. The Morgan fingerprint density at radius 1 is 1.64 bits per heavy atom. The van der Waals surface area contributed by atoms with E-state index < -0.39 is 12.0 Å². The van der Waals surface area contributed by atoms with Crippen LogP contribution in [0.4, 0.5) is 0 Å². The number of carboxylic acids is 1. The van der Waals surface area contributed by atoms with Gasteiger partial charge >= 0.3 is 5.97 Å². The molecule has 0 amide bonds. The van der Waals surface area contributed by atoms with E-state index in [1.165, 1.54) is 13.2 Å². The van der Waals surface area contributed by atoms with E-state index in [0.717, 1.165) is 0 Å². The van der Waals surface area contributed by atoms with Crippen LogP contribution in [0.25, 0.3) is 0 Å². The summed E-state index contributed by atoms with van der Waals surface area (Å²) in [5.41, 5.74) is 5.77. The second kappa shape index (κ2) is 4.30. The van der Waals surface area contributed by atoms with E-state index >= 15 is 0 Å². The van der Waals surface area contributed by atoms with Gasteiger partial charge in [0.1, 0.15) is 11.8 Å². The zero-order chi connectivity index (χ0) is 10.7. The molecule has 3 N–H and O–H groups in total. The Labute approximate surface area is 86.2 Å². The third-order valence-corrected chi connectivity index (χ3v) is 2.15. The largest absolute Gasteiger partial charge is 0.497 e. The molecule has 76 valence electrons. The number of hydrogen-bond acceptors (Lipinski definition) is 3. The molecule has 1 aromatic rings. The molecule has 0 aliphatic heterocycles. The lowest BCUT2D eigenvalue weighted by molar-refractivity contribution is -0.138. The van der Waals surface area contributed by atoms with Crippen molar-refractivity contribution < 1.29 is 14.6 Å². The summed E-state index contributed by atoms with van der Waals surface area (Å²) in [6.45, 7) is 0. The average Bonchev–Trinajstić information content (AvgIpc) is 2.17. The second-order valence-corrected chi connectivity index (χ2v) is 3.11. The lowest BCUT2D eigenvalue weighted by Gasteiger charge is -2.10. The number of rotatable bonds is 3. The number of benzene rings is 1. The molecule has 1 atom stereocenters. The molecule has 0 radical (unpaired) electrons. The van der Waals surface area contributed by atoms with Crippen LogP contribution in [0.1, 0.15) is 11.6 Å². The first kappa shape index (κ1) is 10.8. The number of methoxy groups -OCH3 is 1. The van der Waals surface area contributed by atoms with Gasteiger partial charge in [0.2, 0.25) is 0 Å². The fourth-order valence-corrected chi connectivity index (χ4v) is 1.26. The number of carboxylic acid groups (broad SMARTS) is 1. The smallest absolute Gasteiger partial charge is 0.325 e. The van der Waals surface area contributed by atoms with Crippen LogP contribution in [-0.4, -0.2) is 18.2 Å². The number of ether oxygens (including phenoxy) is 1. The standard InChI is InChI=1S/C9H10ClNO3/c1-14-5-2-3-7(10)6(4-5)8(11)9(12)13/h2-4,8H,11H2,1H3,(H,12,13)/t8-/m1/s1. The quantitative estimate of drug-likeness (QED) is 0.800. The minimum absolute atomic E-state index is 0.320. The molecule has 0 aliphatic rings. The lowest BCUT2D eigenvalue weighted by Crippen LogP contribution is -2.20. The van der Waals surface area contributed by atoms with Crippen molar-refractivity contribution in [2.45, 2.75) is 6.04 Å². The second-order valence-electron chi connectivity index (χ2n) is 2.70. The lowest BCUT2D eigenvalue weighted by atomic mass is 10.1. The number of halogens is 1. The summed E-state index contributed by atoms with van der Waals surface area (Å²) in [4.78, 5) is 10.6. The Hall–Kier alpha value is -1.26. The molecule has 0 unspecified atom stereocenters. The van der Waals surface area contributed by atoms with Gasteiger partial charge in [-0.3, -0.25) is 4.79 Å². The van der Waals surface area contributed by atoms with E-state index in [-0.39, 0.29) is 0 Å². The van der Waals surface area contributed by atoms with Crippen LogP contribution < -0.4 is 10.5 Å². The summed E-state index contributed by atoms with van der Waals surface area (Å²) in [5.74, 6) is -0.596. The highest BCUT2D eigenvalue weighted by Crippen LogP contribution is 2.26. The first-order chi connectivity index (χ1) is 6.56. The van der Waals surface area contributed by atoms with Crippen molar-refractivity contribution in [3.63, 3.8) is 0 Å². The van der Waals surface area contributed by atoms with Gasteiger partial charge in [0.25, 0.3) is 0 Å². The Morgan fingerprint density at radius 3 is 2.79 bits per heavy atom. The number of nitrogens with two attached hydrogens (primary N) is 1. The summed E-state index contributed by atoms with van der Waals surface area (Å²) in [5, 5.41) is 9.02. The highest BCUT2D eigenvalue weighted by Gasteiger charge is 2.17. The molecule has 5 heteroatoms. The van der Waals surface area contributed by atoms with Crippen molar-refractivity contribution >= 4 is 17.6 Å². The molecule has 0 fully saturated rings. The monoisotopic (exact) mass is 215 g/mol. The van der Waals surface area contributed by atoms with Crippen molar-refractivity contribution in [1.82, 2.24) is 0 Å². The van der Waals surface area contributed by atoms with Gasteiger partial charge in [-0.1, -0.05) is 11.6 Å². The van der Waals surface area contributed by atoms with E-state index in [0.29, 0.717) is 16.3 Å². The molecule has 0 bridgehead atoms. The van der Waals surface area contributed by atoms with Crippen LogP contribution in [-0.2, 0) is 4.79 Å². The van der Waals surface area contributed by atoms with E-state index in [2.05, 4.69) is 0 Å². The Kier molecular flexibility index (Phi) is 3.33. The molecule has 1 rings (SSSR count). The van der Waals surface area contributed by atoms with Crippen molar-refractivity contribution in [3.05, 3.63) is 28.8 Å². The predicted octanol–water partition coefficient (Wildman–Crippen LogP) is 1.43. The van der Waals surface area contributed by atoms with Crippen molar-refractivity contribution in [3.8, 4) is 5.75 Å². The Balaban J connectivity index is 3.11. The number of hydrogen-bond donors (Lipinski definition) is 2. The van der Waals surface area contributed by atoms with Gasteiger partial charge in [-0.2, -0.15) is 0 Å². The molecular formula is C9H10ClNO3. The van der Waals surface area contributed by atoms with Gasteiger partial charge < -0.3 is 15.6 Å². The van der Waals surface area contributed by atoms with Crippen LogP contribution in [0.3, 0.4) is 0 Å². The predicted molar refractivity (Wildman–Crippen MR) is 52.6 cm³/mol. The van der Waals surface area contributed by atoms with Gasteiger partial charge in [0, 0.05) is 10.6 Å². The maximum atomic E-state index is 10.6. The summed E-state index contributed by atoms with van der Waals surface area (Å²) in [6.07, 6.45) is 0. The Morgan fingerprint density at radius 2 is 2.29 bits per heavy atom. The molecular weight excluding hydrogens is 206 g/mol. The minimum Gasteiger partial charge on any atom is -0.497 e. The van der Waals surface area contributed by atoms with Gasteiger partial charge in [0.15, 0.2) is 0 Å². The molecule has 0 saturated heterocycles. The normalized spacial score (nSPS) is 12.2. The summed E-state index contributed by atoms with van der Waals surface area (Å²) >= 11 is 5.79. The fourth-order valence-electron chi connectivity index (χ4n) is 1.02. The van der Waals surface area contributed by atoms with E-state index in [4.69, 9.17) is 27.2 Å². The zero-order valence-corrected chi connectivity index (χ0v) is 8.28. The van der Waals surface area contributed by atoms with Crippen LogP contribution in [0, 0.1) is 0 Å². The topological polar surface area (TPSA) is 72.5 Å². The number of aliphatic carboxylic acids is 1. The van der Waals surface area contributed by atoms with Crippen LogP contribution >= 0.6 is 11.6 Å². The van der Waals surface area contributed by atoms with Gasteiger partial charge in [-0.05, 0) is 18.2 Å². The van der Waals surface area contributed by atoms with Crippen LogP contribution in [0.15, 0.2) is 18.2 Å². The molecule has 0 heterocycles. The average molecular weight is 216 g/mol. The van der Waals surface area contributed by atoms with Crippen molar-refractivity contribution in [2.24, 2.45) is 5.73 Å². The van der Waals surface area contributed by atoms with Crippen LogP contribution in [0.2, 0.25) is 5.02 Å². The SMILES string of the molecule is COc1ccc(Cl)c([C@@H](N)C(=O)O)c1. The maximum Gasteiger partial charge on any atom is 0.325 e. The fraction of sp³-hybridized carbons (Fsp3) is 0.222. The van der Waals surface area contributed by atoms with Crippen molar-refractivity contribution in [2.75, 3.05) is 7.11 Å². The molecule has 0 spiro atoms. The van der Waals surface area contributed by atoms with Gasteiger partial charge in [0.05, 0.1) is 7.11 Å². The van der Waals surface area contributed by atoms with E-state index in [1.807, 2.05) is 0 Å². The molecule has 0 aliphatic carbocycles. The summed E-state index contributed by atoms with van der Waals surface area (Å²) in [6, 6.07) is 3.58. The van der Waals surface area contributed by atoms with Crippen molar-refractivity contribution in [1.29, 1.82) is 0 Å². The third-order valence-electron chi connectivity index (χ3n) is 1.80.